The third kappa shape index (κ3) is 7.15. The van der Waals surface area contributed by atoms with Gasteiger partial charge in [0, 0.05) is 23.1 Å². The molecular formula is C24H30Cl2N2O3. The maximum Gasteiger partial charge on any atom is 0.261 e. The van der Waals surface area contributed by atoms with Gasteiger partial charge in [-0.1, -0.05) is 54.7 Å². The van der Waals surface area contributed by atoms with Crippen LogP contribution >= 0.6 is 23.2 Å². The fourth-order valence-corrected chi connectivity index (χ4v) is 3.45. The van der Waals surface area contributed by atoms with Gasteiger partial charge in [0.15, 0.2) is 6.61 Å². The average molecular weight is 465 g/mol. The summed E-state index contributed by atoms with van der Waals surface area (Å²) in [5.74, 6) is 0.0563. The summed E-state index contributed by atoms with van der Waals surface area (Å²) in [6.45, 7) is 8.13. The highest BCUT2D eigenvalue weighted by Gasteiger charge is 2.27. The molecule has 0 spiro atoms. The van der Waals surface area contributed by atoms with Gasteiger partial charge in [-0.2, -0.15) is 0 Å². The minimum absolute atomic E-state index is 0.197. The summed E-state index contributed by atoms with van der Waals surface area (Å²) in [7, 11) is 0. The van der Waals surface area contributed by atoms with Crippen LogP contribution in [0.25, 0.3) is 0 Å². The topological polar surface area (TPSA) is 58.6 Å². The second-order valence-electron chi connectivity index (χ2n) is 7.59. The zero-order chi connectivity index (χ0) is 23.0. The molecule has 2 aromatic rings. The lowest BCUT2D eigenvalue weighted by Gasteiger charge is -2.29. The number of halogens is 2. The number of unbranched alkanes of at least 4 members (excludes halogenated alkanes) is 1. The lowest BCUT2D eigenvalue weighted by Crippen LogP contribution is -2.49. The van der Waals surface area contributed by atoms with Crippen molar-refractivity contribution in [3.63, 3.8) is 0 Å². The van der Waals surface area contributed by atoms with E-state index in [1.807, 2.05) is 32.0 Å². The van der Waals surface area contributed by atoms with Gasteiger partial charge in [-0.05, 0) is 62.1 Å². The molecule has 0 saturated carbocycles. The second-order valence-corrected chi connectivity index (χ2v) is 8.38. The van der Waals surface area contributed by atoms with E-state index >= 15 is 0 Å². The van der Waals surface area contributed by atoms with Crippen LogP contribution in [0.15, 0.2) is 36.4 Å². The number of aryl methyl sites for hydroxylation is 2. The summed E-state index contributed by atoms with van der Waals surface area (Å²) in [5, 5.41) is 4.12. The predicted octanol–water partition coefficient (Wildman–Crippen LogP) is 5.32. The van der Waals surface area contributed by atoms with Crippen molar-refractivity contribution in [2.75, 3.05) is 13.2 Å². The van der Waals surface area contributed by atoms with Gasteiger partial charge < -0.3 is 15.0 Å². The molecule has 0 aliphatic carbocycles. The van der Waals surface area contributed by atoms with Crippen LogP contribution in [0.2, 0.25) is 10.0 Å². The van der Waals surface area contributed by atoms with Crippen LogP contribution in [0.4, 0.5) is 0 Å². The number of benzene rings is 2. The standard InChI is InChI=1S/C24H30Cl2N2O3/c1-5-6-11-27-24(30)18(4)28(14-19-9-7-8-10-21(19)25)22(29)15-31-20-12-16(2)23(26)17(3)13-20/h7-10,12-13,18H,5-6,11,14-15H2,1-4H3,(H,27,30)/t18-/m0/s1. The Morgan fingerprint density at radius 2 is 1.77 bits per heavy atom. The number of nitrogens with one attached hydrogen (secondary N) is 1. The number of ether oxygens (including phenoxy) is 1. The van der Waals surface area contributed by atoms with Gasteiger partial charge in [0.1, 0.15) is 11.8 Å². The lowest BCUT2D eigenvalue weighted by atomic mass is 10.1. The highest BCUT2D eigenvalue weighted by Crippen LogP contribution is 2.26. The molecule has 5 nitrogen and oxygen atoms in total. The number of carbonyl (C=O) groups is 2. The van der Waals surface area contributed by atoms with Crippen molar-refractivity contribution in [3.8, 4) is 5.75 Å². The minimum Gasteiger partial charge on any atom is -0.484 e. The maximum atomic E-state index is 13.1. The molecule has 7 heteroatoms. The largest absolute Gasteiger partial charge is 0.484 e. The van der Waals surface area contributed by atoms with Crippen molar-refractivity contribution in [2.24, 2.45) is 0 Å². The molecule has 0 aromatic heterocycles. The molecule has 0 heterocycles. The van der Waals surface area contributed by atoms with Crippen molar-refractivity contribution in [1.29, 1.82) is 0 Å². The van der Waals surface area contributed by atoms with Gasteiger partial charge in [-0.15, -0.1) is 0 Å². The van der Waals surface area contributed by atoms with Crippen molar-refractivity contribution in [3.05, 3.63) is 63.1 Å². The lowest BCUT2D eigenvalue weighted by molar-refractivity contribution is -0.142. The second kappa shape index (κ2) is 12.0. The molecule has 0 bridgehead atoms. The molecule has 2 amide bonds. The van der Waals surface area contributed by atoms with Crippen LogP contribution in [0.1, 0.15) is 43.4 Å². The fraction of sp³-hybridized carbons (Fsp3) is 0.417. The van der Waals surface area contributed by atoms with Gasteiger partial charge in [0.25, 0.3) is 5.91 Å². The van der Waals surface area contributed by atoms with Gasteiger partial charge in [-0.3, -0.25) is 9.59 Å². The maximum absolute atomic E-state index is 13.1. The summed E-state index contributed by atoms with van der Waals surface area (Å²) in [4.78, 5) is 27.2. The van der Waals surface area contributed by atoms with Gasteiger partial charge >= 0.3 is 0 Å². The molecule has 0 aliphatic heterocycles. The Balaban J connectivity index is 2.17. The quantitative estimate of drug-likeness (QED) is 0.483. The zero-order valence-electron chi connectivity index (χ0n) is 18.5. The zero-order valence-corrected chi connectivity index (χ0v) is 20.0. The van der Waals surface area contributed by atoms with E-state index in [-0.39, 0.29) is 25.0 Å². The Morgan fingerprint density at radius 3 is 2.39 bits per heavy atom. The predicted molar refractivity (Wildman–Crippen MR) is 126 cm³/mol. The van der Waals surface area contributed by atoms with Crippen molar-refractivity contribution in [1.82, 2.24) is 10.2 Å². The van der Waals surface area contributed by atoms with E-state index in [2.05, 4.69) is 12.2 Å². The van der Waals surface area contributed by atoms with Crippen LogP contribution in [0.5, 0.6) is 5.75 Å². The Bertz CT molecular complexity index is 894. The first-order valence-corrected chi connectivity index (χ1v) is 11.2. The third-order valence-corrected chi connectivity index (χ3v) is 6.03. The number of carbonyl (C=O) groups excluding carboxylic acids is 2. The number of nitrogens with zero attached hydrogens (tertiary/aromatic N) is 1. The summed E-state index contributed by atoms with van der Waals surface area (Å²) in [6, 6.07) is 10.2. The van der Waals surface area contributed by atoms with Crippen LogP contribution in [0, 0.1) is 13.8 Å². The van der Waals surface area contributed by atoms with Gasteiger partial charge in [-0.25, -0.2) is 0 Å². The van der Waals surface area contributed by atoms with E-state index in [0.29, 0.717) is 22.3 Å². The number of rotatable bonds is 10. The Hall–Kier alpha value is -2.24. The average Bonchev–Trinajstić information content (AvgIpc) is 2.74. The van der Waals surface area contributed by atoms with Crippen LogP contribution in [-0.4, -0.2) is 35.9 Å². The van der Waals surface area contributed by atoms with Gasteiger partial charge in [0.2, 0.25) is 5.91 Å². The number of hydrogen-bond donors (Lipinski definition) is 1. The molecule has 2 aromatic carbocycles. The molecule has 1 N–H and O–H groups in total. The molecule has 0 radical (unpaired) electrons. The highest BCUT2D eigenvalue weighted by atomic mass is 35.5. The molecule has 0 unspecified atom stereocenters. The molecule has 31 heavy (non-hydrogen) atoms. The molecule has 2 rings (SSSR count). The van der Waals surface area contributed by atoms with E-state index in [0.717, 1.165) is 29.5 Å². The molecule has 0 saturated heterocycles. The van der Waals surface area contributed by atoms with Crippen molar-refractivity contribution >= 4 is 35.0 Å². The Labute approximate surface area is 194 Å². The normalized spacial score (nSPS) is 11.7. The summed E-state index contributed by atoms with van der Waals surface area (Å²) >= 11 is 12.5. The number of hydrogen-bond acceptors (Lipinski definition) is 3. The van der Waals surface area contributed by atoms with E-state index in [1.54, 1.807) is 25.1 Å². The van der Waals surface area contributed by atoms with Crippen LogP contribution < -0.4 is 10.1 Å². The SMILES string of the molecule is CCCCNC(=O)[C@H](C)N(Cc1ccccc1Cl)C(=O)COc1cc(C)c(Cl)c(C)c1. The summed E-state index contributed by atoms with van der Waals surface area (Å²) in [6.07, 6.45) is 1.86. The molecular weight excluding hydrogens is 435 g/mol. The summed E-state index contributed by atoms with van der Waals surface area (Å²) < 4.78 is 5.75. The first kappa shape index (κ1) is 25.0. The van der Waals surface area contributed by atoms with Crippen LogP contribution in [-0.2, 0) is 16.1 Å². The monoisotopic (exact) mass is 464 g/mol. The minimum atomic E-state index is -0.669. The number of amides is 2. The Morgan fingerprint density at radius 1 is 1.13 bits per heavy atom. The Kier molecular flexibility index (Phi) is 9.66. The molecule has 1 atom stereocenters. The highest BCUT2D eigenvalue weighted by molar-refractivity contribution is 6.32. The van der Waals surface area contributed by atoms with E-state index in [4.69, 9.17) is 27.9 Å². The first-order chi connectivity index (χ1) is 14.7. The fourth-order valence-electron chi connectivity index (χ4n) is 3.15. The van der Waals surface area contributed by atoms with Crippen LogP contribution in [0.3, 0.4) is 0 Å². The molecule has 168 valence electrons. The summed E-state index contributed by atoms with van der Waals surface area (Å²) in [5.41, 5.74) is 2.52. The first-order valence-electron chi connectivity index (χ1n) is 10.4. The smallest absolute Gasteiger partial charge is 0.261 e. The molecule has 0 aliphatic rings. The van der Waals surface area contributed by atoms with E-state index in [1.165, 1.54) is 4.90 Å². The van der Waals surface area contributed by atoms with Crippen molar-refractivity contribution in [2.45, 2.75) is 53.1 Å². The molecule has 0 fully saturated rings. The van der Waals surface area contributed by atoms with Crippen molar-refractivity contribution < 1.29 is 14.3 Å². The third-order valence-electron chi connectivity index (χ3n) is 5.07. The van der Waals surface area contributed by atoms with E-state index in [9.17, 15) is 9.59 Å². The van der Waals surface area contributed by atoms with Gasteiger partial charge in [0.05, 0.1) is 0 Å². The van der Waals surface area contributed by atoms with E-state index < -0.39 is 6.04 Å².